The van der Waals surface area contributed by atoms with Gasteiger partial charge in [0.25, 0.3) is 10.1 Å². The quantitative estimate of drug-likeness (QED) is 0.239. The van der Waals surface area contributed by atoms with Gasteiger partial charge in [-0.2, -0.15) is 12.8 Å². The van der Waals surface area contributed by atoms with Gasteiger partial charge in [0.1, 0.15) is 4.90 Å². The maximum Gasteiger partial charge on any atom is 0.345 e. The van der Waals surface area contributed by atoms with E-state index in [-0.39, 0.29) is 38.6 Å². The summed E-state index contributed by atoms with van der Waals surface area (Å²) in [7, 11) is -4.58. The third-order valence-corrected chi connectivity index (χ3v) is 7.07. The Morgan fingerprint density at radius 2 is 1.90 bits per heavy atom. The van der Waals surface area contributed by atoms with Crippen molar-refractivity contribution in [3.05, 3.63) is 44.3 Å². The van der Waals surface area contributed by atoms with Crippen LogP contribution in [0.15, 0.2) is 32.3 Å². The number of benzene rings is 1. The Hall–Kier alpha value is -2.47. The van der Waals surface area contributed by atoms with Crippen molar-refractivity contribution in [2.24, 2.45) is 0 Å². The molecule has 0 atom stereocenters. The van der Waals surface area contributed by atoms with Crippen LogP contribution in [0, 0.1) is 5.82 Å². The van der Waals surface area contributed by atoms with Gasteiger partial charge in [0.2, 0.25) is 5.82 Å². The van der Waals surface area contributed by atoms with E-state index in [0.717, 1.165) is 17.4 Å². The van der Waals surface area contributed by atoms with E-state index in [2.05, 4.69) is 0 Å². The van der Waals surface area contributed by atoms with Gasteiger partial charge in [-0.15, -0.1) is 11.3 Å². The van der Waals surface area contributed by atoms with E-state index < -0.39 is 38.9 Å². The lowest BCUT2D eigenvalue weighted by atomic mass is 10.1. The molecule has 8 nitrogen and oxygen atoms in total. The minimum atomic E-state index is -4.58. The Kier molecular flexibility index (Phi) is 6.70. The molecule has 0 saturated carbocycles. The minimum Gasteiger partial charge on any atom is -0.504 e. The second-order valence-corrected chi connectivity index (χ2v) is 9.65. The van der Waals surface area contributed by atoms with Crippen LogP contribution < -0.4 is 5.63 Å². The van der Waals surface area contributed by atoms with E-state index in [1.54, 1.807) is 0 Å². The maximum atomic E-state index is 14.1. The Morgan fingerprint density at radius 1 is 1.19 bits per heavy atom. The highest BCUT2D eigenvalue weighted by Gasteiger charge is 2.23. The molecule has 0 bridgehead atoms. The smallest absolute Gasteiger partial charge is 0.345 e. The van der Waals surface area contributed by atoms with Crippen LogP contribution in [0.4, 0.5) is 4.39 Å². The molecule has 0 amide bonds. The molecular formula is C19H16ClFO8S2. The van der Waals surface area contributed by atoms with Crippen LogP contribution in [0.2, 0.25) is 5.02 Å². The summed E-state index contributed by atoms with van der Waals surface area (Å²) >= 11 is 6.71. The molecular weight excluding hydrogens is 475 g/mol. The summed E-state index contributed by atoms with van der Waals surface area (Å²) in [6.45, 7) is 0. The molecule has 0 aliphatic carbocycles. The Labute approximate surface area is 184 Å². The van der Waals surface area contributed by atoms with Crippen LogP contribution >= 0.6 is 22.9 Å². The number of rotatable bonds is 8. The first kappa shape index (κ1) is 23.2. The number of aromatic hydroxyl groups is 1. The van der Waals surface area contributed by atoms with Crippen molar-refractivity contribution in [3.63, 3.8) is 0 Å². The second kappa shape index (κ2) is 8.95. The summed E-state index contributed by atoms with van der Waals surface area (Å²) in [4.78, 5) is 23.1. The number of hydrogen-bond donors (Lipinski definition) is 3. The summed E-state index contributed by atoms with van der Waals surface area (Å²) in [5.41, 5.74) is -1.54. The van der Waals surface area contributed by atoms with Crippen LogP contribution in [-0.4, -0.2) is 29.2 Å². The SMILES string of the molecule is O=C(O)CCCCCc1sc(-c2cc3cc(Cl)c(O)c(F)c3oc2=O)cc1S(=O)(=O)O. The van der Waals surface area contributed by atoms with E-state index in [1.165, 1.54) is 12.1 Å². The van der Waals surface area contributed by atoms with Gasteiger partial charge < -0.3 is 14.6 Å². The van der Waals surface area contributed by atoms with Gasteiger partial charge in [0, 0.05) is 21.6 Å². The fourth-order valence-electron chi connectivity index (χ4n) is 3.03. The van der Waals surface area contributed by atoms with Crippen molar-refractivity contribution in [2.75, 3.05) is 0 Å². The number of thiophene rings is 1. The van der Waals surface area contributed by atoms with E-state index in [9.17, 15) is 32.1 Å². The first-order valence-electron chi connectivity index (χ1n) is 8.96. The van der Waals surface area contributed by atoms with Gasteiger partial charge >= 0.3 is 11.6 Å². The van der Waals surface area contributed by atoms with Gasteiger partial charge in [-0.3, -0.25) is 9.35 Å². The topological polar surface area (TPSA) is 142 Å². The van der Waals surface area contributed by atoms with E-state index in [1.807, 2.05) is 0 Å². The molecule has 3 rings (SSSR count). The van der Waals surface area contributed by atoms with E-state index >= 15 is 0 Å². The van der Waals surface area contributed by atoms with Gasteiger partial charge in [0.15, 0.2) is 11.3 Å². The number of carboxylic acid groups (broad SMARTS) is 1. The Bertz CT molecular complexity index is 1330. The highest BCUT2D eigenvalue weighted by Crippen LogP contribution is 2.37. The number of hydrogen-bond acceptors (Lipinski definition) is 7. The predicted molar refractivity (Wildman–Crippen MR) is 112 cm³/mol. The molecule has 1 aromatic carbocycles. The van der Waals surface area contributed by atoms with Crippen LogP contribution in [-0.2, 0) is 21.3 Å². The largest absolute Gasteiger partial charge is 0.504 e. The first-order valence-corrected chi connectivity index (χ1v) is 11.6. The molecule has 0 radical (unpaired) electrons. The van der Waals surface area contributed by atoms with Crippen LogP contribution in [0.3, 0.4) is 0 Å². The highest BCUT2D eigenvalue weighted by molar-refractivity contribution is 7.86. The molecule has 0 aliphatic rings. The highest BCUT2D eigenvalue weighted by atomic mass is 35.5. The summed E-state index contributed by atoms with van der Waals surface area (Å²) in [6.07, 6.45) is 1.66. The van der Waals surface area contributed by atoms with Crippen molar-refractivity contribution in [1.82, 2.24) is 0 Å². The third kappa shape index (κ3) is 5.06. The normalized spacial score (nSPS) is 11.8. The summed E-state index contributed by atoms with van der Waals surface area (Å²) in [5, 5.41) is 18.0. The zero-order chi connectivity index (χ0) is 22.9. The number of aliphatic carboxylic acids is 1. The molecule has 3 aromatic rings. The van der Waals surface area contributed by atoms with Crippen LogP contribution in [0.5, 0.6) is 5.75 Å². The predicted octanol–water partition coefficient (Wildman–Crippen LogP) is 4.45. The van der Waals surface area contributed by atoms with Gasteiger partial charge in [-0.05, 0) is 37.5 Å². The second-order valence-electron chi connectivity index (χ2n) is 6.71. The number of carbonyl (C=O) groups is 1. The first-order chi connectivity index (χ1) is 14.5. The molecule has 31 heavy (non-hydrogen) atoms. The minimum absolute atomic E-state index is 0.00629. The van der Waals surface area contributed by atoms with Crippen molar-refractivity contribution >= 4 is 50.0 Å². The molecule has 0 spiro atoms. The lowest BCUT2D eigenvalue weighted by Crippen LogP contribution is -2.03. The standard InChI is InChI=1S/C19H16ClFO8S2/c20-11-7-9-6-10(19(25)29-18(9)16(21)17(11)24)13-8-14(31(26,27)28)12(30-13)4-2-1-3-5-15(22)23/h6-8,24H,1-5H2,(H,22,23)(H,26,27,28). The molecule has 3 N–H and O–H groups in total. The fourth-order valence-corrected chi connectivity index (χ4v) is 5.50. The average Bonchev–Trinajstić information content (AvgIpc) is 3.10. The van der Waals surface area contributed by atoms with Gasteiger partial charge in [0.05, 0.1) is 10.6 Å². The Morgan fingerprint density at radius 3 is 2.55 bits per heavy atom. The fraction of sp³-hybridized carbons (Fsp3) is 0.263. The lowest BCUT2D eigenvalue weighted by Gasteiger charge is -2.04. The lowest BCUT2D eigenvalue weighted by molar-refractivity contribution is -0.137. The van der Waals surface area contributed by atoms with Gasteiger partial charge in [-0.1, -0.05) is 18.0 Å². The zero-order valence-electron chi connectivity index (χ0n) is 15.7. The van der Waals surface area contributed by atoms with E-state index in [4.69, 9.17) is 21.1 Å². The monoisotopic (exact) mass is 490 g/mol. The van der Waals surface area contributed by atoms with Crippen molar-refractivity contribution in [3.8, 4) is 16.2 Å². The summed E-state index contributed by atoms with van der Waals surface area (Å²) in [6, 6.07) is 3.58. The molecule has 2 heterocycles. The number of aryl methyl sites for hydroxylation is 1. The number of carboxylic acids is 1. The molecule has 0 aliphatic heterocycles. The molecule has 166 valence electrons. The average molecular weight is 491 g/mol. The number of halogens is 2. The maximum absolute atomic E-state index is 14.1. The molecule has 0 unspecified atom stereocenters. The van der Waals surface area contributed by atoms with Crippen molar-refractivity contribution in [1.29, 1.82) is 0 Å². The summed E-state index contributed by atoms with van der Waals surface area (Å²) < 4.78 is 52.2. The number of fused-ring (bicyclic) bond motifs is 1. The molecule has 0 saturated heterocycles. The number of phenolic OH excluding ortho intramolecular Hbond substituents is 1. The van der Waals surface area contributed by atoms with Crippen molar-refractivity contribution in [2.45, 2.75) is 37.0 Å². The molecule has 12 heteroatoms. The third-order valence-electron chi connectivity index (χ3n) is 4.50. The van der Waals surface area contributed by atoms with Crippen molar-refractivity contribution < 1.29 is 36.8 Å². The molecule has 0 fully saturated rings. The zero-order valence-corrected chi connectivity index (χ0v) is 18.1. The number of phenols is 1. The summed E-state index contributed by atoms with van der Waals surface area (Å²) in [5.74, 6) is -2.98. The number of unbranched alkanes of at least 4 members (excludes halogenated alkanes) is 2. The molecule has 2 aromatic heterocycles. The Balaban J connectivity index is 2.01. The van der Waals surface area contributed by atoms with Crippen LogP contribution in [0.1, 0.15) is 30.6 Å². The van der Waals surface area contributed by atoms with Crippen LogP contribution in [0.25, 0.3) is 21.4 Å². The van der Waals surface area contributed by atoms with Gasteiger partial charge in [-0.25, -0.2) is 4.79 Å². The van der Waals surface area contributed by atoms with E-state index in [0.29, 0.717) is 24.1 Å².